The van der Waals surface area contributed by atoms with Gasteiger partial charge in [-0.05, 0) is 73.4 Å². The van der Waals surface area contributed by atoms with Crippen LogP contribution in [0.2, 0.25) is 0 Å². The highest BCUT2D eigenvalue weighted by molar-refractivity contribution is 7.67. The summed E-state index contributed by atoms with van der Waals surface area (Å²) in [5, 5.41) is 4.16. The summed E-state index contributed by atoms with van der Waals surface area (Å²) in [4.78, 5) is 0. The highest BCUT2D eigenvalue weighted by atomic mass is 31.1. The quantitative estimate of drug-likeness (QED) is 0.199. The second-order valence-electron chi connectivity index (χ2n) is 11.4. The van der Waals surface area contributed by atoms with Gasteiger partial charge in [-0.3, -0.25) is 0 Å². The average molecular weight is 532 g/mol. The lowest BCUT2D eigenvalue weighted by Crippen LogP contribution is -2.29. The predicted octanol–water partition coefficient (Wildman–Crippen LogP) is 10.3. The van der Waals surface area contributed by atoms with Crippen molar-refractivity contribution in [3.05, 3.63) is 97.1 Å². The SMILES string of the molecule is c1ccc(Oc2cccc(-n3c4ccccc4c4ccccc43)c2P(C2CCCCC2)C2CCCCC2)cc1. The monoisotopic (exact) mass is 531 g/mol. The Labute approximate surface area is 233 Å². The van der Waals surface area contributed by atoms with Crippen LogP contribution >= 0.6 is 7.92 Å². The van der Waals surface area contributed by atoms with Crippen molar-refractivity contribution in [2.75, 3.05) is 0 Å². The van der Waals surface area contributed by atoms with Crippen LogP contribution in [0.1, 0.15) is 64.2 Å². The molecule has 5 aromatic rings. The molecular weight excluding hydrogens is 493 g/mol. The molecule has 0 radical (unpaired) electrons. The molecule has 2 nitrogen and oxygen atoms in total. The van der Waals surface area contributed by atoms with Crippen LogP contribution in [0.3, 0.4) is 0 Å². The maximum atomic E-state index is 6.84. The molecule has 0 N–H and O–H groups in total. The van der Waals surface area contributed by atoms with Gasteiger partial charge in [-0.1, -0.05) is 107 Å². The number of para-hydroxylation sites is 3. The van der Waals surface area contributed by atoms with Gasteiger partial charge < -0.3 is 9.30 Å². The first-order chi connectivity index (χ1) is 19.4. The normalized spacial score (nSPS) is 17.3. The van der Waals surface area contributed by atoms with E-state index in [4.69, 9.17) is 4.74 Å². The molecule has 1 heterocycles. The molecule has 7 rings (SSSR count). The first-order valence-corrected chi connectivity index (χ1v) is 16.5. The number of nitrogens with zero attached hydrogens (tertiary/aromatic N) is 1. The zero-order valence-corrected chi connectivity index (χ0v) is 23.7. The molecule has 0 aliphatic heterocycles. The van der Waals surface area contributed by atoms with Crippen LogP contribution < -0.4 is 10.0 Å². The van der Waals surface area contributed by atoms with E-state index in [1.54, 1.807) is 0 Å². The Bertz CT molecular complexity index is 1490. The molecule has 0 atom stereocenters. The van der Waals surface area contributed by atoms with E-state index in [1.807, 2.05) is 0 Å². The number of benzene rings is 4. The molecule has 2 fully saturated rings. The Kier molecular flexibility index (Phi) is 7.15. The van der Waals surface area contributed by atoms with Crippen LogP contribution in [-0.4, -0.2) is 15.9 Å². The van der Waals surface area contributed by atoms with Crippen molar-refractivity contribution in [1.29, 1.82) is 0 Å². The lowest BCUT2D eigenvalue weighted by atomic mass is 9.99. The van der Waals surface area contributed by atoms with Crippen molar-refractivity contribution in [1.82, 2.24) is 4.57 Å². The van der Waals surface area contributed by atoms with Gasteiger partial charge in [-0.2, -0.15) is 0 Å². The van der Waals surface area contributed by atoms with Gasteiger partial charge in [0.05, 0.1) is 16.7 Å². The smallest absolute Gasteiger partial charge is 0.137 e. The van der Waals surface area contributed by atoms with Gasteiger partial charge in [0.2, 0.25) is 0 Å². The zero-order valence-electron chi connectivity index (χ0n) is 22.8. The Hall–Kier alpha value is -3.09. The fourth-order valence-corrected chi connectivity index (χ4v) is 11.2. The van der Waals surface area contributed by atoms with Crippen molar-refractivity contribution in [2.45, 2.75) is 75.5 Å². The summed E-state index contributed by atoms with van der Waals surface area (Å²) in [5.74, 6) is 2.00. The molecule has 0 bridgehead atoms. The van der Waals surface area contributed by atoms with Crippen molar-refractivity contribution in [2.24, 2.45) is 0 Å². The third-order valence-corrected chi connectivity index (χ3v) is 12.5. The number of hydrogen-bond acceptors (Lipinski definition) is 1. The van der Waals surface area contributed by atoms with Gasteiger partial charge in [0, 0.05) is 16.1 Å². The maximum absolute atomic E-state index is 6.84. The van der Waals surface area contributed by atoms with Gasteiger partial charge in [0.15, 0.2) is 0 Å². The van der Waals surface area contributed by atoms with Gasteiger partial charge in [-0.15, -0.1) is 0 Å². The Morgan fingerprint density at radius 2 is 1.08 bits per heavy atom. The highest BCUT2D eigenvalue weighted by Gasteiger charge is 2.36. The van der Waals surface area contributed by atoms with Crippen LogP contribution in [0.15, 0.2) is 97.1 Å². The number of ether oxygens (including phenoxy) is 1. The lowest BCUT2D eigenvalue weighted by molar-refractivity contribution is 0.479. The number of hydrogen-bond donors (Lipinski definition) is 0. The standard InChI is InChI=1S/C36H38NOP/c1-4-15-27(16-5-1)38-35-26-14-25-34(37-32-23-12-10-21-30(32)31-22-11-13-24-33(31)37)36(35)39(28-17-6-2-7-18-28)29-19-8-3-9-20-29/h1,4-5,10-16,21-26,28-29H,2-3,6-9,17-20H2. The van der Waals surface area contributed by atoms with E-state index in [0.717, 1.165) is 22.8 Å². The first kappa shape index (κ1) is 24.9. The molecule has 1 aromatic heterocycles. The summed E-state index contributed by atoms with van der Waals surface area (Å²) in [6.45, 7) is 0. The summed E-state index contributed by atoms with van der Waals surface area (Å²) in [5.41, 5.74) is 5.48. The Morgan fingerprint density at radius 1 is 0.538 bits per heavy atom. The van der Waals surface area contributed by atoms with E-state index >= 15 is 0 Å². The molecular formula is C36H38NOP. The highest BCUT2D eigenvalue weighted by Crippen LogP contribution is 2.57. The van der Waals surface area contributed by atoms with Crippen molar-refractivity contribution < 1.29 is 4.74 Å². The van der Waals surface area contributed by atoms with Gasteiger partial charge in [0.1, 0.15) is 11.5 Å². The molecule has 2 aliphatic carbocycles. The van der Waals surface area contributed by atoms with E-state index in [1.165, 1.54) is 97.0 Å². The largest absolute Gasteiger partial charge is 0.457 e. The topological polar surface area (TPSA) is 14.2 Å². The van der Waals surface area contributed by atoms with Gasteiger partial charge in [-0.25, -0.2) is 0 Å². The Morgan fingerprint density at radius 3 is 1.67 bits per heavy atom. The van der Waals surface area contributed by atoms with Gasteiger partial charge in [0.25, 0.3) is 0 Å². The van der Waals surface area contributed by atoms with Crippen LogP contribution in [0.4, 0.5) is 0 Å². The zero-order chi connectivity index (χ0) is 26.0. The molecule has 2 aliphatic rings. The number of aromatic nitrogens is 1. The summed E-state index contributed by atoms with van der Waals surface area (Å²) in [7, 11) is -0.391. The first-order valence-electron chi connectivity index (χ1n) is 15.0. The average Bonchev–Trinajstić information content (AvgIpc) is 3.34. The Balaban J connectivity index is 1.50. The predicted molar refractivity (Wildman–Crippen MR) is 168 cm³/mol. The van der Waals surface area contributed by atoms with Crippen LogP contribution in [0.25, 0.3) is 27.5 Å². The molecule has 4 aromatic carbocycles. The van der Waals surface area contributed by atoms with Crippen molar-refractivity contribution >= 4 is 35.0 Å². The molecule has 198 valence electrons. The minimum atomic E-state index is -0.391. The second-order valence-corrected chi connectivity index (χ2v) is 14.1. The van der Waals surface area contributed by atoms with E-state index in [-0.39, 0.29) is 0 Å². The molecule has 0 spiro atoms. The van der Waals surface area contributed by atoms with E-state index in [0.29, 0.717) is 0 Å². The number of fused-ring (bicyclic) bond motifs is 3. The summed E-state index contributed by atoms with van der Waals surface area (Å²) < 4.78 is 9.39. The molecule has 3 heteroatoms. The van der Waals surface area contributed by atoms with E-state index in [2.05, 4.69) is 102 Å². The minimum absolute atomic E-state index is 0.391. The van der Waals surface area contributed by atoms with Crippen molar-refractivity contribution in [3.8, 4) is 17.2 Å². The molecule has 2 saturated carbocycles. The maximum Gasteiger partial charge on any atom is 0.137 e. The lowest BCUT2D eigenvalue weighted by Gasteiger charge is -2.40. The van der Waals surface area contributed by atoms with Crippen LogP contribution in [0, 0.1) is 0 Å². The minimum Gasteiger partial charge on any atom is -0.457 e. The molecule has 0 amide bonds. The van der Waals surface area contributed by atoms with Crippen molar-refractivity contribution in [3.63, 3.8) is 0 Å². The second kappa shape index (κ2) is 11.2. The van der Waals surface area contributed by atoms with Crippen LogP contribution in [-0.2, 0) is 0 Å². The third kappa shape index (κ3) is 4.78. The number of rotatable bonds is 6. The molecule has 39 heavy (non-hydrogen) atoms. The summed E-state index contributed by atoms with van der Waals surface area (Å²) in [6.07, 6.45) is 13.8. The van der Waals surface area contributed by atoms with E-state index in [9.17, 15) is 0 Å². The third-order valence-electron chi connectivity index (χ3n) is 8.96. The summed E-state index contributed by atoms with van der Waals surface area (Å²) in [6, 6.07) is 35.2. The fourth-order valence-electron chi connectivity index (χ4n) is 7.21. The fraction of sp³-hybridized carbons (Fsp3) is 0.333. The van der Waals surface area contributed by atoms with Crippen LogP contribution in [0.5, 0.6) is 11.5 Å². The van der Waals surface area contributed by atoms with E-state index < -0.39 is 7.92 Å². The molecule has 0 saturated heterocycles. The van der Waals surface area contributed by atoms with Gasteiger partial charge >= 0.3 is 0 Å². The summed E-state index contributed by atoms with van der Waals surface area (Å²) >= 11 is 0. The molecule has 0 unspecified atom stereocenters.